The number of halogens is 2. The molecule has 0 unspecified atom stereocenters. The summed E-state index contributed by atoms with van der Waals surface area (Å²) in [5.74, 6) is 0. The zero-order valence-electron chi connectivity index (χ0n) is 9.84. The quantitative estimate of drug-likeness (QED) is 0.785. The highest BCUT2D eigenvalue weighted by Gasteiger charge is 2.23. The number of anilines is 1. The van der Waals surface area contributed by atoms with Crippen LogP contribution in [0.2, 0.25) is 0 Å². The Morgan fingerprint density at radius 3 is 2.74 bits per heavy atom. The molecule has 0 radical (unpaired) electrons. The van der Waals surface area contributed by atoms with E-state index in [9.17, 15) is 8.42 Å². The molecule has 1 heterocycles. The predicted octanol–water partition coefficient (Wildman–Crippen LogP) is 2.27. The lowest BCUT2D eigenvalue weighted by molar-refractivity contribution is 0.578. The Kier molecular flexibility index (Phi) is 4.26. The first-order valence-electron chi connectivity index (χ1n) is 5.17. The van der Waals surface area contributed by atoms with Crippen molar-refractivity contribution in [3.8, 4) is 0 Å². The van der Waals surface area contributed by atoms with Crippen molar-refractivity contribution in [1.29, 1.82) is 0 Å². The first-order valence-corrected chi connectivity index (χ1v) is 8.56. The van der Waals surface area contributed by atoms with Gasteiger partial charge in [0.1, 0.15) is 0 Å². The van der Waals surface area contributed by atoms with Gasteiger partial charge in [0.05, 0.1) is 0 Å². The van der Waals surface area contributed by atoms with Crippen molar-refractivity contribution in [2.75, 3.05) is 4.72 Å². The van der Waals surface area contributed by atoms with E-state index in [2.05, 4.69) is 46.9 Å². The summed E-state index contributed by atoms with van der Waals surface area (Å²) in [6.45, 7) is 0. The van der Waals surface area contributed by atoms with Gasteiger partial charge in [0.15, 0.2) is 4.60 Å². The van der Waals surface area contributed by atoms with Crippen molar-refractivity contribution < 1.29 is 8.42 Å². The van der Waals surface area contributed by atoms with Crippen LogP contribution in [0.3, 0.4) is 0 Å². The largest absolute Gasteiger partial charge is 0.281 e. The molecule has 0 aliphatic rings. The lowest BCUT2D eigenvalue weighted by atomic mass is 10.2. The minimum atomic E-state index is -3.73. The molecule has 0 amide bonds. The third-order valence-corrected chi connectivity index (χ3v) is 5.24. The van der Waals surface area contributed by atoms with Crippen LogP contribution in [0.4, 0.5) is 5.69 Å². The molecule has 19 heavy (non-hydrogen) atoms. The Morgan fingerprint density at radius 1 is 1.42 bits per heavy atom. The second-order valence-electron chi connectivity index (χ2n) is 3.75. The van der Waals surface area contributed by atoms with E-state index in [-0.39, 0.29) is 9.63 Å². The zero-order valence-corrected chi connectivity index (χ0v) is 13.8. The van der Waals surface area contributed by atoms with Crippen LogP contribution < -0.4 is 4.72 Å². The molecule has 6 nitrogen and oxygen atoms in total. The van der Waals surface area contributed by atoms with E-state index in [1.807, 2.05) is 6.07 Å². The average molecular weight is 410 g/mol. The zero-order chi connectivity index (χ0) is 14.0. The summed E-state index contributed by atoms with van der Waals surface area (Å²) in [5.41, 5.74) is 1.47. The number of benzene rings is 1. The Morgan fingerprint density at radius 2 is 2.16 bits per heavy atom. The molecule has 1 aromatic carbocycles. The second kappa shape index (κ2) is 5.59. The lowest BCUT2D eigenvalue weighted by Gasteiger charge is -2.08. The van der Waals surface area contributed by atoms with Crippen LogP contribution in [-0.2, 0) is 22.4 Å². The smallest absolute Gasteiger partial charge is 0.278 e. The topological polar surface area (TPSA) is 76.9 Å². The van der Waals surface area contributed by atoms with Crippen LogP contribution in [0.25, 0.3) is 0 Å². The van der Waals surface area contributed by atoms with Gasteiger partial charge >= 0.3 is 0 Å². The van der Waals surface area contributed by atoms with Crippen LogP contribution in [0, 0.1) is 0 Å². The van der Waals surface area contributed by atoms with Crippen LogP contribution in [0.15, 0.2) is 33.9 Å². The third kappa shape index (κ3) is 3.15. The van der Waals surface area contributed by atoms with Gasteiger partial charge in [0.25, 0.3) is 10.0 Å². The molecule has 0 spiro atoms. The molecule has 2 rings (SSSR count). The molecule has 0 fully saturated rings. The molecule has 0 aliphatic heterocycles. The molecule has 1 N–H and O–H groups in total. The monoisotopic (exact) mass is 408 g/mol. The van der Waals surface area contributed by atoms with Gasteiger partial charge in [0, 0.05) is 18.1 Å². The van der Waals surface area contributed by atoms with Crippen molar-refractivity contribution in [3.05, 3.63) is 34.4 Å². The molecular weight excluding hydrogens is 400 g/mol. The Balaban J connectivity index is 2.36. The molecule has 0 atom stereocenters. The summed E-state index contributed by atoms with van der Waals surface area (Å²) in [5, 5.41) is 7.95. The van der Waals surface area contributed by atoms with Crippen molar-refractivity contribution in [2.45, 2.75) is 10.4 Å². The molecule has 1 aromatic heterocycles. The molecule has 0 saturated carbocycles. The van der Waals surface area contributed by atoms with E-state index in [0.717, 1.165) is 5.56 Å². The summed E-state index contributed by atoms with van der Waals surface area (Å²) >= 11 is 6.40. The summed E-state index contributed by atoms with van der Waals surface area (Å²) in [7, 11) is -2.22. The summed E-state index contributed by atoms with van der Waals surface area (Å²) in [4.78, 5) is 0. The number of aromatic nitrogens is 3. The number of hydrogen-bond acceptors (Lipinski definition) is 4. The van der Waals surface area contributed by atoms with Crippen molar-refractivity contribution >= 4 is 47.6 Å². The van der Waals surface area contributed by atoms with Crippen LogP contribution in [0.1, 0.15) is 5.56 Å². The molecule has 9 heteroatoms. The van der Waals surface area contributed by atoms with E-state index >= 15 is 0 Å². The van der Waals surface area contributed by atoms with Gasteiger partial charge in [-0.05, 0) is 33.6 Å². The number of rotatable bonds is 4. The number of sulfonamides is 1. The molecule has 0 bridgehead atoms. The lowest BCUT2D eigenvalue weighted by Crippen LogP contribution is -2.17. The van der Waals surface area contributed by atoms with E-state index < -0.39 is 10.0 Å². The fourth-order valence-electron chi connectivity index (χ4n) is 1.53. The molecule has 0 aliphatic carbocycles. The summed E-state index contributed by atoms with van der Waals surface area (Å²) in [6.07, 6.45) is 0. The number of nitrogens with zero attached hydrogens (tertiary/aromatic N) is 3. The molecule has 0 saturated heterocycles. The average Bonchev–Trinajstić information content (AvgIpc) is 2.69. The Bertz CT molecular complexity index is 680. The maximum absolute atomic E-state index is 12.3. The summed E-state index contributed by atoms with van der Waals surface area (Å²) in [6, 6.07) is 7.12. The molecular formula is C10H10Br2N4O2S. The number of nitrogens with one attached hydrogen (secondary N) is 1. The Hall–Kier alpha value is -0.930. The molecule has 102 valence electrons. The fourth-order valence-corrected chi connectivity index (χ4v) is 4.03. The van der Waals surface area contributed by atoms with Gasteiger partial charge in [-0.3, -0.25) is 4.72 Å². The highest BCUT2D eigenvalue weighted by molar-refractivity contribution is 9.10. The van der Waals surface area contributed by atoms with Gasteiger partial charge < -0.3 is 0 Å². The maximum Gasteiger partial charge on any atom is 0.281 e. The number of hydrogen-bond donors (Lipinski definition) is 1. The predicted molar refractivity (Wildman–Crippen MR) is 78.6 cm³/mol. The third-order valence-electron chi connectivity index (χ3n) is 2.33. The normalized spacial score (nSPS) is 11.5. The van der Waals surface area contributed by atoms with E-state index in [1.165, 1.54) is 11.7 Å². The Labute approximate surface area is 127 Å². The standard InChI is InChI=1S/C10H10Br2N4O2S/c1-16-10(9(12)13-15-16)19(17,18)14-8-4-2-3-7(5-8)6-11/h2-5,14H,6H2,1H3. The second-order valence-corrected chi connectivity index (χ2v) is 6.66. The van der Waals surface area contributed by atoms with Crippen LogP contribution in [-0.4, -0.2) is 23.4 Å². The van der Waals surface area contributed by atoms with Crippen molar-refractivity contribution in [3.63, 3.8) is 0 Å². The van der Waals surface area contributed by atoms with Crippen molar-refractivity contribution in [1.82, 2.24) is 15.0 Å². The van der Waals surface area contributed by atoms with E-state index in [4.69, 9.17) is 0 Å². The SMILES string of the molecule is Cn1nnc(Br)c1S(=O)(=O)Nc1cccc(CBr)c1. The summed E-state index contributed by atoms with van der Waals surface area (Å²) < 4.78 is 28.4. The first kappa shape index (κ1) is 14.5. The fraction of sp³-hybridized carbons (Fsp3) is 0.200. The van der Waals surface area contributed by atoms with Gasteiger partial charge in [-0.15, -0.1) is 5.10 Å². The van der Waals surface area contributed by atoms with Gasteiger partial charge in [-0.2, -0.15) is 8.42 Å². The number of alkyl halides is 1. The van der Waals surface area contributed by atoms with Crippen LogP contribution >= 0.6 is 31.9 Å². The van der Waals surface area contributed by atoms with E-state index in [0.29, 0.717) is 11.0 Å². The highest BCUT2D eigenvalue weighted by atomic mass is 79.9. The van der Waals surface area contributed by atoms with Crippen molar-refractivity contribution in [2.24, 2.45) is 7.05 Å². The van der Waals surface area contributed by atoms with Gasteiger partial charge in [-0.25, -0.2) is 4.68 Å². The minimum Gasteiger partial charge on any atom is -0.278 e. The minimum absolute atomic E-state index is 0.0169. The maximum atomic E-state index is 12.3. The number of aryl methyl sites for hydroxylation is 1. The van der Waals surface area contributed by atoms with E-state index in [1.54, 1.807) is 18.2 Å². The van der Waals surface area contributed by atoms with Gasteiger partial charge in [-0.1, -0.05) is 33.3 Å². The molecule has 2 aromatic rings. The first-order chi connectivity index (χ1) is 8.94. The highest BCUT2D eigenvalue weighted by Crippen LogP contribution is 2.22. The van der Waals surface area contributed by atoms with Crippen LogP contribution in [0.5, 0.6) is 0 Å². The van der Waals surface area contributed by atoms with Gasteiger partial charge in [0.2, 0.25) is 5.03 Å².